The minimum atomic E-state index is -1.01. The number of carbonyl (C=O) groups excluding carboxylic acids is 1. The lowest BCUT2D eigenvalue weighted by atomic mass is 9.99. The van der Waals surface area contributed by atoms with E-state index >= 15 is 0 Å². The molecule has 0 bridgehead atoms. The zero-order chi connectivity index (χ0) is 13.7. The van der Waals surface area contributed by atoms with E-state index in [0.29, 0.717) is 5.56 Å². The van der Waals surface area contributed by atoms with Crippen LogP contribution in [0, 0.1) is 17.2 Å². The molecule has 0 atom stereocenters. The summed E-state index contributed by atoms with van der Waals surface area (Å²) < 4.78 is 0. The summed E-state index contributed by atoms with van der Waals surface area (Å²) in [6.45, 7) is 3.45. The number of nitrogens with zero attached hydrogens (tertiary/aromatic N) is 1. The first-order valence-electron chi connectivity index (χ1n) is 5.45. The Bertz CT molecular complexity index is 533. The van der Waals surface area contributed by atoms with Crippen LogP contribution < -0.4 is 0 Å². The fourth-order valence-corrected chi connectivity index (χ4v) is 1.36. The first-order valence-corrected chi connectivity index (χ1v) is 5.45. The van der Waals surface area contributed by atoms with Crippen molar-refractivity contribution in [1.29, 1.82) is 5.26 Å². The Kier molecular flexibility index (Phi) is 4.39. The van der Waals surface area contributed by atoms with E-state index in [1.807, 2.05) is 6.07 Å². The summed E-state index contributed by atoms with van der Waals surface area (Å²) in [6, 6.07) is 7.86. The Balaban J connectivity index is 3.04. The highest BCUT2D eigenvalue weighted by Gasteiger charge is 2.13. The molecule has 4 nitrogen and oxygen atoms in total. The van der Waals surface area contributed by atoms with Crippen molar-refractivity contribution in [2.45, 2.75) is 13.8 Å². The maximum atomic E-state index is 11.7. The molecule has 0 unspecified atom stereocenters. The van der Waals surface area contributed by atoms with Gasteiger partial charge in [0, 0.05) is 5.92 Å². The molecule has 0 aliphatic rings. The van der Waals surface area contributed by atoms with Gasteiger partial charge >= 0.3 is 5.97 Å². The second-order valence-corrected chi connectivity index (χ2v) is 4.12. The molecule has 0 saturated heterocycles. The van der Waals surface area contributed by atoms with E-state index in [9.17, 15) is 9.59 Å². The Labute approximate surface area is 105 Å². The molecule has 4 heteroatoms. The van der Waals surface area contributed by atoms with Gasteiger partial charge < -0.3 is 5.11 Å². The van der Waals surface area contributed by atoms with E-state index in [4.69, 9.17) is 10.4 Å². The molecule has 0 fully saturated rings. The maximum Gasteiger partial charge on any atom is 0.335 e. The number of aromatic carboxylic acids is 1. The molecule has 0 radical (unpaired) electrons. The van der Waals surface area contributed by atoms with E-state index in [0.717, 1.165) is 0 Å². The van der Waals surface area contributed by atoms with Gasteiger partial charge in [-0.05, 0) is 23.8 Å². The Morgan fingerprint density at radius 1 is 1.28 bits per heavy atom. The SMILES string of the molecule is CC(C)C(=O)C(C#N)=Cc1ccc(C(=O)O)cc1. The molecule has 1 aromatic carbocycles. The number of hydrogen-bond donors (Lipinski definition) is 1. The maximum absolute atomic E-state index is 11.7. The lowest BCUT2D eigenvalue weighted by Gasteiger charge is -2.02. The van der Waals surface area contributed by atoms with Gasteiger partial charge in [0.1, 0.15) is 6.07 Å². The summed E-state index contributed by atoms with van der Waals surface area (Å²) in [4.78, 5) is 22.3. The average Bonchev–Trinajstić information content (AvgIpc) is 2.35. The zero-order valence-electron chi connectivity index (χ0n) is 10.2. The number of benzene rings is 1. The number of carboxylic acids is 1. The number of rotatable bonds is 4. The molecule has 0 aliphatic heterocycles. The summed E-state index contributed by atoms with van der Waals surface area (Å²) in [5.74, 6) is -1.47. The molecule has 18 heavy (non-hydrogen) atoms. The fraction of sp³-hybridized carbons (Fsp3) is 0.214. The van der Waals surface area contributed by atoms with Crippen molar-refractivity contribution in [2.24, 2.45) is 5.92 Å². The summed E-state index contributed by atoms with van der Waals surface area (Å²) >= 11 is 0. The van der Waals surface area contributed by atoms with Crippen molar-refractivity contribution >= 4 is 17.8 Å². The summed E-state index contributed by atoms with van der Waals surface area (Å²) in [5.41, 5.74) is 0.875. The molecule has 1 N–H and O–H groups in total. The molecule has 0 saturated carbocycles. The number of nitriles is 1. The quantitative estimate of drug-likeness (QED) is 0.651. The molecule has 1 rings (SSSR count). The molecular weight excluding hydrogens is 230 g/mol. The molecule has 1 aromatic rings. The van der Waals surface area contributed by atoms with Crippen molar-refractivity contribution in [3.8, 4) is 6.07 Å². The van der Waals surface area contributed by atoms with Gasteiger partial charge in [-0.3, -0.25) is 4.79 Å². The molecule has 0 heterocycles. The number of Topliss-reactive ketones (excluding diaryl/α,β-unsaturated/α-hetero) is 1. The number of ketones is 1. The molecule has 0 amide bonds. The minimum Gasteiger partial charge on any atom is -0.478 e. The van der Waals surface area contributed by atoms with Gasteiger partial charge in [0.05, 0.1) is 11.1 Å². The van der Waals surface area contributed by atoms with Crippen molar-refractivity contribution in [2.75, 3.05) is 0 Å². The van der Waals surface area contributed by atoms with E-state index in [2.05, 4.69) is 0 Å². The van der Waals surface area contributed by atoms with Gasteiger partial charge in [0.15, 0.2) is 5.78 Å². The van der Waals surface area contributed by atoms with Crippen LogP contribution in [0.3, 0.4) is 0 Å². The van der Waals surface area contributed by atoms with E-state index < -0.39 is 5.97 Å². The Morgan fingerprint density at radius 3 is 2.22 bits per heavy atom. The number of carbonyl (C=O) groups is 2. The first-order chi connectivity index (χ1) is 8.45. The largest absolute Gasteiger partial charge is 0.478 e. The lowest BCUT2D eigenvalue weighted by Crippen LogP contribution is -2.08. The topological polar surface area (TPSA) is 78.2 Å². The van der Waals surface area contributed by atoms with Crippen LogP contribution in [0.15, 0.2) is 29.8 Å². The summed E-state index contributed by atoms with van der Waals surface area (Å²) in [5, 5.41) is 17.7. The molecule has 0 spiro atoms. The molecule has 0 aliphatic carbocycles. The molecule has 0 aromatic heterocycles. The third kappa shape index (κ3) is 3.29. The number of hydrogen-bond acceptors (Lipinski definition) is 3. The second-order valence-electron chi connectivity index (χ2n) is 4.12. The predicted molar refractivity (Wildman–Crippen MR) is 66.8 cm³/mol. The van der Waals surface area contributed by atoms with Crippen LogP contribution in [0.1, 0.15) is 29.8 Å². The van der Waals surface area contributed by atoms with Gasteiger partial charge in [-0.25, -0.2) is 4.79 Å². The van der Waals surface area contributed by atoms with Crippen molar-refractivity contribution < 1.29 is 14.7 Å². The van der Waals surface area contributed by atoms with E-state index in [-0.39, 0.29) is 22.8 Å². The minimum absolute atomic E-state index is 0.0769. The normalized spacial score (nSPS) is 11.1. The Morgan fingerprint density at radius 2 is 1.83 bits per heavy atom. The van der Waals surface area contributed by atoms with Gasteiger partial charge in [-0.15, -0.1) is 0 Å². The second kappa shape index (κ2) is 5.78. The smallest absolute Gasteiger partial charge is 0.335 e. The standard InChI is InChI=1S/C14H13NO3/c1-9(2)13(16)12(8-15)7-10-3-5-11(6-4-10)14(17)18/h3-7,9H,1-2H3,(H,17,18). The molecule has 92 valence electrons. The van der Waals surface area contributed by atoms with Crippen molar-refractivity contribution in [3.05, 3.63) is 41.0 Å². The highest BCUT2D eigenvalue weighted by atomic mass is 16.4. The number of allylic oxidation sites excluding steroid dienone is 1. The van der Waals surface area contributed by atoms with Crippen LogP contribution in [0.2, 0.25) is 0 Å². The highest BCUT2D eigenvalue weighted by Crippen LogP contribution is 2.12. The van der Waals surface area contributed by atoms with Crippen LogP contribution in [-0.2, 0) is 4.79 Å². The van der Waals surface area contributed by atoms with Crippen LogP contribution >= 0.6 is 0 Å². The molecular formula is C14H13NO3. The highest BCUT2D eigenvalue weighted by molar-refractivity contribution is 6.04. The van der Waals surface area contributed by atoms with Gasteiger partial charge in [-0.2, -0.15) is 5.26 Å². The van der Waals surface area contributed by atoms with Gasteiger partial charge in [0.2, 0.25) is 0 Å². The number of carboxylic acid groups (broad SMARTS) is 1. The van der Waals surface area contributed by atoms with Crippen LogP contribution in [-0.4, -0.2) is 16.9 Å². The summed E-state index contributed by atoms with van der Waals surface area (Å²) in [7, 11) is 0. The average molecular weight is 243 g/mol. The third-order valence-electron chi connectivity index (χ3n) is 2.38. The zero-order valence-corrected chi connectivity index (χ0v) is 10.2. The Hall–Kier alpha value is -2.41. The van der Waals surface area contributed by atoms with Crippen LogP contribution in [0.5, 0.6) is 0 Å². The van der Waals surface area contributed by atoms with Crippen molar-refractivity contribution in [3.63, 3.8) is 0 Å². The van der Waals surface area contributed by atoms with Crippen LogP contribution in [0.25, 0.3) is 6.08 Å². The predicted octanol–water partition coefficient (Wildman–Crippen LogP) is 2.52. The van der Waals surface area contributed by atoms with E-state index in [1.54, 1.807) is 26.0 Å². The van der Waals surface area contributed by atoms with Gasteiger partial charge in [-0.1, -0.05) is 26.0 Å². The lowest BCUT2D eigenvalue weighted by molar-refractivity contribution is -0.117. The van der Waals surface area contributed by atoms with Crippen molar-refractivity contribution in [1.82, 2.24) is 0 Å². The monoisotopic (exact) mass is 243 g/mol. The fourth-order valence-electron chi connectivity index (χ4n) is 1.36. The van der Waals surface area contributed by atoms with Crippen LogP contribution in [0.4, 0.5) is 0 Å². The third-order valence-corrected chi connectivity index (χ3v) is 2.38. The first kappa shape index (κ1) is 13.7. The van der Waals surface area contributed by atoms with Gasteiger partial charge in [0.25, 0.3) is 0 Å². The summed E-state index contributed by atoms with van der Waals surface area (Å²) in [6.07, 6.45) is 1.47. The van der Waals surface area contributed by atoms with E-state index in [1.165, 1.54) is 18.2 Å².